The van der Waals surface area contributed by atoms with Crippen molar-refractivity contribution < 1.29 is 9.53 Å². The van der Waals surface area contributed by atoms with Crippen molar-refractivity contribution in [3.8, 4) is 0 Å². The SMILES string of the molecule is CC(C)(C)[Si](C)(C)N1C(=O)CC1CC1CO1. The predicted molar refractivity (Wildman–Crippen MR) is 66.8 cm³/mol. The largest absolute Gasteiger partial charge is 0.373 e. The second-order valence-corrected chi connectivity index (χ2v) is 11.7. The topological polar surface area (TPSA) is 32.8 Å². The van der Waals surface area contributed by atoms with Crippen LogP contribution in [0.5, 0.6) is 0 Å². The van der Waals surface area contributed by atoms with Crippen LogP contribution < -0.4 is 0 Å². The zero-order chi connectivity index (χ0) is 12.1. The van der Waals surface area contributed by atoms with Crippen LogP contribution in [0.2, 0.25) is 18.1 Å². The Kier molecular flexibility index (Phi) is 2.70. The average molecular weight is 241 g/mol. The van der Waals surface area contributed by atoms with E-state index in [4.69, 9.17) is 4.74 Å². The maximum absolute atomic E-state index is 11.9. The van der Waals surface area contributed by atoms with Crippen LogP contribution in [0.3, 0.4) is 0 Å². The van der Waals surface area contributed by atoms with E-state index >= 15 is 0 Å². The molecular formula is C12H23NO2Si. The summed E-state index contributed by atoms with van der Waals surface area (Å²) in [6, 6.07) is 0.459. The molecule has 2 fully saturated rings. The fourth-order valence-corrected chi connectivity index (χ4v) is 4.86. The van der Waals surface area contributed by atoms with E-state index in [0.717, 1.165) is 19.4 Å². The third-order valence-corrected chi connectivity index (χ3v) is 9.91. The van der Waals surface area contributed by atoms with E-state index < -0.39 is 8.24 Å². The average Bonchev–Trinajstić information content (AvgIpc) is 2.83. The molecule has 0 aromatic rings. The van der Waals surface area contributed by atoms with Gasteiger partial charge in [0.1, 0.15) is 0 Å². The van der Waals surface area contributed by atoms with Gasteiger partial charge in [-0.2, -0.15) is 0 Å². The van der Waals surface area contributed by atoms with Crippen molar-refractivity contribution in [3.63, 3.8) is 0 Å². The molecule has 0 spiro atoms. The van der Waals surface area contributed by atoms with Gasteiger partial charge in [0.05, 0.1) is 12.7 Å². The van der Waals surface area contributed by atoms with Gasteiger partial charge in [0, 0.05) is 12.5 Å². The third-order valence-electron chi connectivity index (χ3n) is 4.42. The molecule has 2 aliphatic rings. The minimum absolute atomic E-state index is 0.242. The number of nitrogens with zero attached hydrogens (tertiary/aromatic N) is 1. The number of β-lactam (4-membered cyclic amide) rings is 1. The van der Waals surface area contributed by atoms with Crippen molar-refractivity contribution in [2.45, 2.75) is 63.9 Å². The Hall–Kier alpha value is -0.353. The number of rotatable bonds is 3. The first-order chi connectivity index (χ1) is 7.23. The number of amides is 1. The fourth-order valence-electron chi connectivity index (χ4n) is 2.31. The Morgan fingerprint density at radius 1 is 1.44 bits per heavy atom. The van der Waals surface area contributed by atoms with Crippen molar-refractivity contribution in [2.75, 3.05) is 6.61 Å². The summed E-state index contributed by atoms with van der Waals surface area (Å²) in [5.74, 6) is 0.359. The van der Waals surface area contributed by atoms with Gasteiger partial charge in [-0.1, -0.05) is 33.9 Å². The Bertz CT molecular complexity index is 305. The molecule has 92 valence electrons. The number of carbonyl (C=O) groups is 1. The lowest BCUT2D eigenvalue weighted by molar-refractivity contribution is -0.139. The van der Waals surface area contributed by atoms with Gasteiger partial charge in [-0.3, -0.25) is 4.79 Å². The van der Waals surface area contributed by atoms with Crippen LogP contribution in [-0.4, -0.2) is 37.5 Å². The minimum atomic E-state index is -1.66. The van der Waals surface area contributed by atoms with Gasteiger partial charge in [-0.05, 0) is 11.5 Å². The summed E-state index contributed by atoms with van der Waals surface area (Å²) in [6.07, 6.45) is 2.23. The normalized spacial score (nSPS) is 30.3. The zero-order valence-electron chi connectivity index (χ0n) is 11.0. The summed E-state index contributed by atoms with van der Waals surface area (Å²) in [6.45, 7) is 12.3. The molecule has 0 aromatic heterocycles. The molecule has 0 aromatic carbocycles. The van der Waals surface area contributed by atoms with Crippen LogP contribution in [0, 0.1) is 0 Å². The van der Waals surface area contributed by atoms with E-state index in [1.807, 2.05) is 0 Å². The lowest BCUT2D eigenvalue weighted by Gasteiger charge is -2.55. The summed E-state index contributed by atoms with van der Waals surface area (Å²) >= 11 is 0. The molecule has 0 radical (unpaired) electrons. The monoisotopic (exact) mass is 241 g/mol. The van der Waals surface area contributed by atoms with Crippen molar-refractivity contribution in [3.05, 3.63) is 0 Å². The highest BCUT2D eigenvalue weighted by Gasteiger charge is 2.52. The molecule has 4 heteroatoms. The maximum atomic E-state index is 11.9. The molecule has 16 heavy (non-hydrogen) atoms. The first-order valence-corrected chi connectivity index (χ1v) is 9.12. The predicted octanol–water partition coefficient (Wildman–Crippen LogP) is 2.38. The van der Waals surface area contributed by atoms with E-state index in [9.17, 15) is 4.79 Å². The second-order valence-electron chi connectivity index (χ2n) is 6.62. The van der Waals surface area contributed by atoms with E-state index in [2.05, 4.69) is 38.4 Å². The van der Waals surface area contributed by atoms with Crippen LogP contribution in [0.1, 0.15) is 33.6 Å². The van der Waals surface area contributed by atoms with Gasteiger partial charge in [0.25, 0.3) is 0 Å². The number of hydrogen-bond donors (Lipinski definition) is 0. The van der Waals surface area contributed by atoms with Crippen molar-refractivity contribution in [1.29, 1.82) is 0 Å². The van der Waals surface area contributed by atoms with Gasteiger partial charge in [0.2, 0.25) is 5.91 Å². The first kappa shape index (κ1) is 12.1. The van der Waals surface area contributed by atoms with Gasteiger partial charge >= 0.3 is 0 Å². The van der Waals surface area contributed by atoms with Crippen LogP contribution in [0.4, 0.5) is 0 Å². The van der Waals surface area contributed by atoms with Crippen LogP contribution in [0.15, 0.2) is 0 Å². The van der Waals surface area contributed by atoms with E-state index in [1.54, 1.807) is 0 Å². The summed E-state index contributed by atoms with van der Waals surface area (Å²) < 4.78 is 7.49. The van der Waals surface area contributed by atoms with Gasteiger partial charge in [-0.15, -0.1) is 0 Å². The lowest BCUT2D eigenvalue weighted by Crippen LogP contribution is -2.68. The molecule has 3 nitrogen and oxygen atoms in total. The molecule has 2 atom stereocenters. The number of carbonyl (C=O) groups excluding carboxylic acids is 1. The van der Waals surface area contributed by atoms with E-state index in [0.29, 0.717) is 18.1 Å². The Morgan fingerprint density at radius 3 is 2.38 bits per heavy atom. The quantitative estimate of drug-likeness (QED) is 0.432. The second kappa shape index (κ2) is 3.57. The molecule has 2 heterocycles. The molecule has 0 N–H and O–H groups in total. The highest BCUT2D eigenvalue weighted by Crippen LogP contribution is 2.44. The minimum Gasteiger partial charge on any atom is -0.373 e. The van der Waals surface area contributed by atoms with Crippen molar-refractivity contribution >= 4 is 14.1 Å². The molecule has 0 bridgehead atoms. The molecule has 2 saturated heterocycles. The summed E-state index contributed by atoms with van der Waals surface area (Å²) in [5.41, 5.74) is 0. The van der Waals surface area contributed by atoms with Crippen LogP contribution >= 0.6 is 0 Å². The Balaban J connectivity index is 2.08. The van der Waals surface area contributed by atoms with Crippen LogP contribution in [-0.2, 0) is 9.53 Å². The highest BCUT2D eigenvalue weighted by atomic mass is 28.3. The van der Waals surface area contributed by atoms with Gasteiger partial charge in [0.15, 0.2) is 8.24 Å². The van der Waals surface area contributed by atoms with Crippen molar-refractivity contribution in [2.24, 2.45) is 0 Å². The standard InChI is InChI=1S/C12H23NO2Si/c1-12(2,3)16(4,5)13-9(7-11(13)14)6-10-8-15-10/h9-10H,6-8H2,1-5H3. The molecule has 0 aliphatic carbocycles. The third kappa shape index (κ3) is 1.93. The van der Waals surface area contributed by atoms with Gasteiger partial charge in [-0.25, -0.2) is 0 Å². The highest BCUT2D eigenvalue weighted by molar-refractivity contribution is 6.79. The van der Waals surface area contributed by atoms with E-state index in [1.165, 1.54) is 0 Å². The van der Waals surface area contributed by atoms with Crippen molar-refractivity contribution in [1.82, 2.24) is 4.57 Å². The number of ether oxygens (including phenoxy) is 1. The molecule has 1 amide bonds. The molecule has 2 aliphatic heterocycles. The Morgan fingerprint density at radius 2 is 2.00 bits per heavy atom. The fraction of sp³-hybridized carbons (Fsp3) is 0.917. The summed E-state index contributed by atoms with van der Waals surface area (Å²) in [7, 11) is -1.66. The summed E-state index contributed by atoms with van der Waals surface area (Å²) in [5, 5.41) is 0.242. The first-order valence-electron chi connectivity index (χ1n) is 6.17. The molecule has 2 rings (SSSR count). The number of hydrogen-bond acceptors (Lipinski definition) is 2. The molecule has 2 unspecified atom stereocenters. The van der Waals surface area contributed by atoms with E-state index in [-0.39, 0.29) is 5.04 Å². The summed E-state index contributed by atoms with van der Waals surface area (Å²) in [4.78, 5) is 11.9. The smallest absolute Gasteiger partial charge is 0.216 e. The number of epoxide rings is 1. The lowest BCUT2D eigenvalue weighted by atomic mass is 10.0. The van der Waals surface area contributed by atoms with Gasteiger partial charge < -0.3 is 9.30 Å². The molecular weight excluding hydrogens is 218 g/mol. The van der Waals surface area contributed by atoms with Crippen LogP contribution in [0.25, 0.3) is 0 Å². The maximum Gasteiger partial charge on any atom is 0.216 e. The molecule has 0 saturated carbocycles. The zero-order valence-corrected chi connectivity index (χ0v) is 12.0. The Labute approximate surface area is 99.2 Å².